The summed E-state index contributed by atoms with van der Waals surface area (Å²) >= 11 is 1.37. The van der Waals surface area contributed by atoms with Crippen LogP contribution in [0.25, 0.3) is 0 Å². The highest BCUT2D eigenvalue weighted by Crippen LogP contribution is 2.28. The molecular weight excluding hydrogens is 360 g/mol. The van der Waals surface area contributed by atoms with Gasteiger partial charge in [-0.3, -0.25) is 4.79 Å². The number of hydrogen-bond acceptors (Lipinski definition) is 5. The molecule has 0 atom stereocenters. The van der Waals surface area contributed by atoms with Gasteiger partial charge in [0.15, 0.2) is 16.8 Å². The molecule has 0 unspecified atom stereocenters. The molecule has 1 aliphatic rings. The Kier molecular flexibility index (Phi) is 6.16. The molecule has 1 aliphatic heterocycles. The second-order valence-electron chi connectivity index (χ2n) is 6.05. The number of carbonyl (C=O) groups excluding carboxylic acids is 1. The van der Waals surface area contributed by atoms with E-state index in [2.05, 4.69) is 15.2 Å². The largest absolute Gasteiger partial charge is 0.378 e. The quantitative estimate of drug-likeness (QED) is 0.835. The molecule has 1 fully saturated rings. The highest BCUT2D eigenvalue weighted by Gasteiger charge is 2.22. The molecule has 1 aromatic heterocycles. The predicted molar refractivity (Wildman–Crippen MR) is 96.7 cm³/mol. The summed E-state index contributed by atoms with van der Waals surface area (Å²) in [6, 6.07) is 3.61. The summed E-state index contributed by atoms with van der Waals surface area (Å²) in [5, 5.41) is 3.60. The van der Waals surface area contributed by atoms with E-state index in [4.69, 9.17) is 4.74 Å². The summed E-state index contributed by atoms with van der Waals surface area (Å²) < 4.78 is 31.6. The molecule has 5 nitrogen and oxygen atoms in total. The molecule has 2 aromatic rings. The number of ether oxygens (including phenoxy) is 1. The average molecular weight is 381 g/mol. The van der Waals surface area contributed by atoms with E-state index >= 15 is 0 Å². The first-order chi connectivity index (χ1) is 12.6. The van der Waals surface area contributed by atoms with Crippen LogP contribution < -0.4 is 10.2 Å². The maximum atomic E-state index is 13.3. The Morgan fingerprint density at radius 1 is 1.31 bits per heavy atom. The molecule has 0 aliphatic carbocycles. The topological polar surface area (TPSA) is 54.5 Å². The highest BCUT2D eigenvalue weighted by atomic mass is 32.1. The van der Waals surface area contributed by atoms with Crippen molar-refractivity contribution < 1.29 is 18.3 Å². The van der Waals surface area contributed by atoms with Gasteiger partial charge in [-0.25, -0.2) is 13.8 Å². The van der Waals surface area contributed by atoms with Crippen LogP contribution in [0.15, 0.2) is 18.2 Å². The fourth-order valence-electron chi connectivity index (χ4n) is 2.72. The van der Waals surface area contributed by atoms with Crippen molar-refractivity contribution in [2.75, 3.05) is 31.2 Å². The van der Waals surface area contributed by atoms with Gasteiger partial charge in [0.25, 0.3) is 5.91 Å². The van der Waals surface area contributed by atoms with E-state index in [1.807, 2.05) is 6.92 Å². The molecule has 0 spiro atoms. The third-order valence-electron chi connectivity index (χ3n) is 4.10. The Morgan fingerprint density at radius 2 is 2.08 bits per heavy atom. The van der Waals surface area contributed by atoms with Crippen LogP contribution in [-0.2, 0) is 17.7 Å². The maximum absolute atomic E-state index is 13.3. The number of nitrogens with one attached hydrogen (secondary N) is 1. The van der Waals surface area contributed by atoms with Gasteiger partial charge in [-0.2, -0.15) is 0 Å². The number of rotatable bonds is 6. The van der Waals surface area contributed by atoms with E-state index in [0.29, 0.717) is 23.7 Å². The monoisotopic (exact) mass is 381 g/mol. The van der Waals surface area contributed by atoms with E-state index in [-0.39, 0.29) is 12.5 Å². The van der Waals surface area contributed by atoms with Crippen LogP contribution in [0, 0.1) is 11.6 Å². The molecule has 3 rings (SSSR count). The molecule has 0 bridgehead atoms. The van der Waals surface area contributed by atoms with Crippen molar-refractivity contribution in [3.05, 3.63) is 46.0 Å². The third-order valence-corrected chi connectivity index (χ3v) is 5.25. The number of morpholine rings is 1. The first kappa shape index (κ1) is 18.7. The summed E-state index contributed by atoms with van der Waals surface area (Å²) in [6.45, 7) is 4.99. The lowest BCUT2D eigenvalue weighted by atomic mass is 10.2. The van der Waals surface area contributed by atoms with Crippen LogP contribution in [0.4, 0.5) is 13.9 Å². The van der Waals surface area contributed by atoms with E-state index in [9.17, 15) is 13.6 Å². The lowest BCUT2D eigenvalue weighted by molar-refractivity contribution is 0.0953. The van der Waals surface area contributed by atoms with Crippen molar-refractivity contribution in [3.63, 3.8) is 0 Å². The van der Waals surface area contributed by atoms with Crippen LogP contribution >= 0.6 is 11.3 Å². The Labute approximate surface area is 155 Å². The lowest BCUT2D eigenvalue weighted by Crippen LogP contribution is -2.36. The van der Waals surface area contributed by atoms with Gasteiger partial charge in [0, 0.05) is 19.6 Å². The van der Waals surface area contributed by atoms with E-state index in [0.717, 1.165) is 48.9 Å². The number of hydrogen-bond donors (Lipinski definition) is 1. The molecule has 0 radical (unpaired) electrons. The van der Waals surface area contributed by atoms with Crippen molar-refractivity contribution in [1.82, 2.24) is 10.3 Å². The SMILES string of the molecule is CCCc1nc(N2CCOCC2)sc1C(=O)NCc1ccc(F)c(F)c1. The summed E-state index contributed by atoms with van der Waals surface area (Å²) in [6.07, 6.45) is 1.60. The van der Waals surface area contributed by atoms with Crippen molar-refractivity contribution in [1.29, 1.82) is 0 Å². The Balaban J connectivity index is 1.72. The molecule has 1 N–H and O–H groups in total. The number of anilines is 1. The van der Waals surface area contributed by atoms with Gasteiger partial charge in [-0.1, -0.05) is 30.7 Å². The molecule has 2 heterocycles. The number of aryl methyl sites for hydroxylation is 1. The minimum atomic E-state index is -0.921. The zero-order valence-corrected chi connectivity index (χ0v) is 15.4. The molecule has 1 aromatic carbocycles. The Bertz CT molecular complexity index is 776. The van der Waals surface area contributed by atoms with Crippen molar-refractivity contribution in [2.45, 2.75) is 26.3 Å². The molecule has 8 heteroatoms. The fourth-order valence-corrected chi connectivity index (χ4v) is 3.81. The molecule has 26 heavy (non-hydrogen) atoms. The number of aromatic nitrogens is 1. The molecule has 1 amide bonds. The maximum Gasteiger partial charge on any atom is 0.263 e. The number of amides is 1. The minimum Gasteiger partial charge on any atom is -0.378 e. The zero-order valence-electron chi connectivity index (χ0n) is 14.6. The van der Waals surface area contributed by atoms with Crippen LogP contribution in [0.1, 0.15) is 34.3 Å². The highest BCUT2D eigenvalue weighted by molar-refractivity contribution is 7.17. The standard InChI is InChI=1S/C18H21F2N3O2S/c1-2-3-15-16(26-18(22-15)23-6-8-25-9-7-23)17(24)21-11-12-4-5-13(19)14(20)10-12/h4-5,10H,2-3,6-9,11H2,1H3,(H,21,24). The van der Waals surface area contributed by atoms with Crippen LogP contribution in [0.5, 0.6) is 0 Å². The van der Waals surface area contributed by atoms with E-state index in [1.54, 1.807) is 0 Å². The van der Waals surface area contributed by atoms with Crippen molar-refractivity contribution >= 4 is 22.4 Å². The summed E-state index contributed by atoms with van der Waals surface area (Å²) in [5.41, 5.74) is 1.29. The zero-order chi connectivity index (χ0) is 18.5. The number of thiazole rings is 1. The van der Waals surface area contributed by atoms with Gasteiger partial charge >= 0.3 is 0 Å². The van der Waals surface area contributed by atoms with Crippen LogP contribution in [0.3, 0.4) is 0 Å². The molecule has 1 saturated heterocycles. The smallest absolute Gasteiger partial charge is 0.263 e. The minimum absolute atomic E-state index is 0.131. The Hall–Kier alpha value is -2.06. The number of halogens is 2. The summed E-state index contributed by atoms with van der Waals surface area (Å²) in [7, 11) is 0. The second-order valence-corrected chi connectivity index (χ2v) is 7.03. The molecule has 0 saturated carbocycles. The van der Waals surface area contributed by atoms with Gasteiger partial charge in [-0.05, 0) is 24.1 Å². The average Bonchev–Trinajstić information content (AvgIpc) is 3.07. The fraction of sp³-hybridized carbons (Fsp3) is 0.444. The van der Waals surface area contributed by atoms with Gasteiger partial charge in [0.1, 0.15) is 4.88 Å². The summed E-state index contributed by atoms with van der Waals surface area (Å²) in [5.74, 6) is -2.06. The van der Waals surface area contributed by atoms with Gasteiger partial charge < -0.3 is 15.0 Å². The Morgan fingerprint density at radius 3 is 2.77 bits per heavy atom. The number of benzene rings is 1. The van der Waals surface area contributed by atoms with Gasteiger partial charge in [0.05, 0.1) is 18.9 Å². The number of nitrogens with zero attached hydrogens (tertiary/aromatic N) is 2. The number of carbonyl (C=O) groups is 1. The van der Waals surface area contributed by atoms with Crippen LogP contribution in [0.2, 0.25) is 0 Å². The van der Waals surface area contributed by atoms with E-state index < -0.39 is 11.6 Å². The van der Waals surface area contributed by atoms with Crippen LogP contribution in [-0.4, -0.2) is 37.2 Å². The first-order valence-electron chi connectivity index (χ1n) is 8.63. The van der Waals surface area contributed by atoms with E-state index in [1.165, 1.54) is 17.4 Å². The third kappa shape index (κ3) is 4.37. The molecular formula is C18H21F2N3O2S. The van der Waals surface area contributed by atoms with Gasteiger partial charge in [0.2, 0.25) is 0 Å². The lowest BCUT2D eigenvalue weighted by Gasteiger charge is -2.26. The first-order valence-corrected chi connectivity index (χ1v) is 9.44. The van der Waals surface area contributed by atoms with Crippen molar-refractivity contribution in [2.24, 2.45) is 0 Å². The van der Waals surface area contributed by atoms with Gasteiger partial charge in [-0.15, -0.1) is 0 Å². The molecule has 140 valence electrons. The second kappa shape index (κ2) is 8.55. The normalized spacial score (nSPS) is 14.5. The van der Waals surface area contributed by atoms with Crippen molar-refractivity contribution in [3.8, 4) is 0 Å². The summed E-state index contributed by atoms with van der Waals surface area (Å²) in [4.78, 5) is 20.0. The predicted octanol–water partition coefficient (Wildman–Crippen LogP) is 3.14.